The molecule has 0 saturated carbocycles. The fourth-order valence-corrected chi connectivity index (χ4v) is 2.25. The van der Waals surface area contributed by atoms with Crippen LogP contribution in [0, 0.1) is 0 Å². The van der Waals surface area contributed by atoms with Gasteiger partial charge in [0.05, 0.1) is 0 Å². The summed E-state index contributed by atoms with van der Waals surface area (Å²) in [6, 6.07) is 8.53. The van der Waals surface area contributed by atoms with Gasteiger partial charge in [-0.1, -0.05) is 39.3 Å². The SMILES string of the molecule is O=S(=O)(Cl)c1cc(-c2ccccc2Br)no1. The maximum Gasteiger partial charge on any atom is 0.297 e. The lowest BCUT2D eigenvalue weighted by atomic mass is 10.2. The number of aromatic nitrogens is 1. The van der Waals surface area contributed by atoms with Crippen molar-refractivity contribution in [2.45, 2.75) is 5.09 Å². The number of nitrogens with zero attached hydrogens (tertiary/aromatic N) is 1. The summed E-state index contributed by atoms with van der Waals surface area (Å²) in [6.45, 7) is 0. The Labute approximate surface area is 105 Å². The minimum absolute atomic E-state index is 0.361. The second-order valence-corrected chi connectivity index (χ2v) is 6.30. The van der Waals surface area contributed by atoms with Gasteiger partial charge >= 0.3 is 0 Å². The molecule has 1 aromatic heterocycles. The first-order chi connectivity index (χ1) is 7.48. The zero-order chi connectivity index (χ0) is 11.8. The first-order valence-corrected chi connectivity index (χ1v) is 7.25. The largest absolute Gasteiger partial charge is 0.343 e. The lowest BCUT2D eigenvalue weighted by Gasteiger charge is -1.97. The van der Waals surface area contributed by atoms with E-state index in [-0.39, 0.29) is 5.09 Å². The highest BCUT2D eigenvalue weighted by atomic mass is 79.9. The quantitative estimate of drug-likeness (QED) is 0.797. The van der Waals surface area contributed by atoms with Crippen LogP contribution in [0.5, 0.6) is 0 Å². The van der Waals surface area contributed by atoms with E-state index in [0.29, 0.717) is 5.69 Å². The van der Waals surface area contributed by atoms with Crippen molar-refractivity contribution in [1.82, 2.24) is 5.16 Å². The Bertz CT molecular complexity index is 623. The van der Waals surface area contributed by atoms with Crippen LogP contribution in [0.1, 0.15) is 0 Å². The van der Waals surface area contributed by atoms with Crippen LogP contribution < -0.4 is 0 Å². The average molecular weight is 323 g/mol. The van der Waals surface area contributed by atoms with E-state index < -0.39 is 9.05 Å². The van der Waals surface area contributed by atoms with Gasteiger partial charge in [0, 0.05) is 26.8 Å². The number of rotatable bonds is 2. The van der Waals surface area contributed by atoms with Crippen molar-refractivity contribution in [3.63, 3.8) is 0 Å². The molecule has 0 fully saturated rings. The maximum atomic E-state index is 11.0. The van der Waals surface area contributed by atoms with E-state index in [2.05, 4.69) is 25.6 Å². The predicted molar refractivity (Wildman–Crippen MR) is 62.7 cm³/mol. The lowest BCUT2D eigenvalue weighted by Crippen LogP contribution is -1.85. The molecule has 0 atom stereocenters. The van der Waals surface area contributed by atoms with Crippen LogP contribution in [-0.2, 0) is 9.05 Å². The van der Waals surface area contributed by atoms with Crippen LogP contribution in [0.4, 0.5) is 0 Å². The van der Waals surface area contributed by atoms with Gasteiger partial charge in [-0.15, -0.1) is 0 Å². The third-order valence-electron chi connectivity index (χ3n) is 1.88. The van der Waals surface area contributed by atoms with Crippen molar-refractivity contribution in [2.24, 2.45) is 0 Å². The third-order valence-corrected chi connectivity index (χ3v) is 3.70. The Kier molecular flexibility index (Phi) is 3.05. The summed E-state index contributed by atoms with van der Waals surface area (Å²) in [7, 11) is 1.25. The number of hydrogen-bond acceptors (Lipinski definition) is 4. The van der Waals surface area contributed by atoms with E-state index in [0.717, 1.165) is 10.0 Å². The molecule has 16 heavy (non-hydrogen) atoms. The Morgan fingerprint density at radius 1 is 1.31 bits per heavy atom. The molecular weight excluding hydrogens is 318 g/mol. The molecule has 84 valence electrons. The van der Waals surface area contributed by atoms with Gasteiger partial charge in [-0.3, -0.25) is 0 Å². The van der Waals surface area contributed by atoms with Crippen LogP contribution in [0.2, 0.25) is 0 Å². The molecule has 2 rings (SSSR count). The highest BCUT2D eigenvalue weighted by molar-refractivity contribution is 9.10. The molecular formula is C9H5BrClNO3S. The molecule has 4 nitrogen and oxygen atoms in total. The first-order valence-electron chi connectivity index (χ1n) is 4.15. The smallest absolute Gasteiger partial charge is 0.297 e. The van der Waals surface area contributed by atoms with Gasteiger partial charge in [-0.25, -0.2) is 8.42 Å². The zero-order valence-corrected chi connectivity index (χ0v) is 10.9. The van der Waals surface area contributed by atoms with Gasteiger partial charge in [-0.05, 0) is 6.07 Å². The van der Waals surface area contributed by atoms with Crippen molar-refractivity contribution in [3.05, 3.63) is 34.8 Å². The van der Waals surface area contributed by atoms with Gasteiger partial charge in [0.25, 0.3) is 14.1 Å². The summed E-state index contributed by atoms with van der Waals surface area (Å²) >= 11 is 3.33. The van der Waals surface area contributed by atoms with Crippen molar-refractivity contribution in [1.29, 1.82) is 0 Å². The van der Waals surface area contributed by atoms with Crippen molar-refractivity contribution >= 4 is 35.7 Å². The molecule has 7 heteroatoms. The zero-order valence-electron chi connectivity index (χ0n) is 7.72. The standard InChI is InChI=1S/C9H5BrClNO3S/c10-7-4-2-1-3-6(7)8-5-9(15-12-8)16(11,13)14/h1-5H. The average Bonchev–Trinajstić information content (AvgIpc) is 2.66. The van der Waals surface area contributed by atoms with Crippen LogP contribution in [0.15, 0.2) is 44.4 Å². The summed E-state index contributed by atoms with van der Waals surface area (Å²) in [4.78, 5) is 0. The molecule has 0 aliphatic rings. The summed E-state index contributed by atoms with van der Waals surface area (Å²) in [5.74, 6) is 0. The fourth-order valence-electron chi connectivity index (χ4n) is 1.17. The van der Waals surface area contributed by atoms with E-state index in [4.69, 9.17) is 10.7 Å². The van der Waals surface area contributed by atoms with Crippen molar-refractivity contribution in [3.8, 4) is 11.3 Å². The molecule has 0 amide bonds. The molecule has 0 bridgehead atoms. The molecule has 0 N–H and O–H groups in total. The third kappa shape index (κ3) is 2.28. The summed E-state index contributed by atoms with van der Waals surface area (Å²) in [5.41, 5.74) is 1.14. The highest BCUT2D eigenvalue weighted by Crippen LogP contribution is 2.29. The molecule has 0 saturated heterocycles. The molecule has 0 aliphatic carbocycles. The molecule has 2 aromatic rings. The van der Waals surface area contributed by atoms with Gasteiger partial charge < -0.3 is 4.52 Å². The molecule has 1 heterocycles. The Balaban J connectivity index is 2.52. The second kappa shape index (κ2) is 4.20. The van der Waals surface area contributed by atoms with Crippen LogP contribution in [-0.4, -0.2) is 13.6 Å². The van der Waals surface area contributed by atoms with Crippen LogP contribution >= 0.6 is 26.6 Å². The first kappa shape index (κ1) is 11.6. The van der Waals surface area contributed by atoms with E-state index in [1.54, 1.807) is 6.07 Å². The van der Waals surface area contributed by atoms with Crippen LogP contribution in [0.25, 0.3) is 11.3 Å². The number of hydrogen-bond donors (Lipinski definition) is 0. The maximum absolute atomic E-state index is 11.0. The minimum atomic E-state index is -3.88. The summed E-state index contributed by atoms with van der Waals surface area (Å²) in [6.07, 6.45) is 0. The van der Waals surface area contributed by atoms with Crippen LogP contribution in [0.3, 0.4) is 0 Å². The van der Waals surface area contributed by atoms with Crippen molar-refractivity contribution in [2.75, 3.05) is 0 Å². The Hall–Kier alpha value is -0.850. The molecule has 0 aliphatic heterocycles. The van der Waals surface area contributed by atoms with Gasteiger partial charge in [0.15, 0.2) is 0 Å². The van der Waals surface area contributed by atoms with E-state index in [1.165, 1.54) is 6.07 Å². The minimum Gasteiger partial charge on any atom is -0.343 e. The monoisotopic (exact) mass is 321 g/mol. The molecule has 1 aromatic carbocycles. The van der Waals surface area contributed by atoms with Gasteiger partial charge in [0.2, 0.25) is 0 Å². The summed E-state index contributed by atoms with van der Waals surface area (Å²) in [5, 5.41) is 3.28. The second-order valence-electron chi connectivity index (χ2n) is 2.95. The Morgan fingerprint density at radius 3 is 2.56 bits per heavy atom. The van der Waals surface area contributed by atoms with Gasteiger partial charge in [-0.2, -0.15) is 0 Å². The van der Waals surface area contributed by atoms with E-state index in [1.807, 2.05) is 18.2 Å². The van der Waals surface area contributed by atoms with Gasteiger partial charge in [0.1, 0.15) is 5.69 Å². The van der Waals surface area contributed by atoms with E-state index in [9.17, 15) is 8.42 Å². The predicted octanol–water partition coefficient (Wildman–Crippen LogP) is 3.03. The van der Waals surface area contributed by atoms with E-state index >= 15 is 0 Å². The summed E-state index contributed by atoms with van der Waals surface area (Å²) < 4.78 is 27.4. The molecule has 0 spiro atoms. The molecule has 0 radical (unpaired) electrons. The fraction of sp³-hybridized carbons (Fsp3) is 0. The number of halogens is 2. The number of benzene rings is 1. The normalized spacial score (nSPS) is 11.6. The highest BCUT2D eigenvalue weighted by Gasteiger charge is 2.18. The Morgan fingerprint density at radius 2 is 2.00 bits per heavy atom. The molecule has 0 unspecified atom stereocenters. The lowest BCUT2D eigenvalue weighted by molar-refractivity contribution is 0.343. The topological polar surface area (TPSA) is 60.2 Å². The van der Waals surface area contributed by atoms with Crippen molar-refractivity contribution < 1.29 is 12.9 Å².